The summed E-state index contributed by atoms with van der Waals surface area (Å²) in [5, 5.41) is 4.26. The van der Waals surface area contributed by atoms with Gasteiger partial charge in [-0.15, -0.1) is 0 Å². The first-order chi connectivity index (χ1) is 10.6. The van der Waals surface area contributed by atoms with Crippen molar-refractivity contribution in [3.05, 3.63) is 52.3 Å². The normalized spacial score (nSPS) is 16.0. The lowest BCUT2D eigenvalue weighted by Gasteiger charge is -2.30. The van der Waals surface area contributed by atoms with Gasteiger partial charge in [0.1, 0.15) is 0 Å². The van der Waals surface area contributed by atoms with Gasteiger partial charge in [-0.1, -0.05) is 19.1 Å². The third kappa shape index (κ3) is 3.58. The quantitative estimate of drug-likeness (QED) is 0.837. The van der Waals surface area contributed by atoms with E-state index in [1.807, 2.05) is 40.0 Å². The van der Waals surface area contributed by atoms with Crippen molar-refractivity contribution in [2.75, 3.05) is 13.1 Å². The summed E-state index contributed by atoms with van der Waals surface area (Å²) in [6, 6.07) is 7.87. The Kier molecular flexibility index (Phi) is 4.62. The molecular weight excluding hydrogens is 342 g/mol. The molecule has 4 nitrogen and oxygen atoms in total. The Balaban J connectivity index is 1.71. The van der Waals surface area contributed by atoms with E-state index < -0.39 is 0 Å². The number of carbonyl (C=O) groups is 1. The maximum Gasteiger partial charge on any atom is 0.253 e. The molecule has 2 aromatic rings. The van der Waals surface area contributed by atoms with E-state index in [-0.39, 0.29) is 5.91 Å². The van der Waals surface area contributed by atoms with Gasteiger partial charge in [-0.05, 0) is 52.4 Å². The van der Waals surface area contributed by atoms with Crippen molar-refractivity contribution < 1.29 is 4.79 Å². The van der Waals surface area contributed by atoms with Crippen molar-refractivity contribution in [3.63, 3.8) is 0 Å². The molecule has 1 aromatic heterocycles. The van der Waals surface area contributed by atoms with Crippen LogP contribution in [-0.4, -0.2) is 33.7 Å². The molecule has 3 rings (SSSR count). The minimum Gasteiger partial charge on any atom is -0.339 e. The number of hydrogen-bond donors (Lipinski definition) is 0. The fraction of sp³-hybridized carbons (Fsp3) is 0.412. The van der Waals surface area contributed by atoms with Crippen molar-refractivity contribution in [1.29, 1.82) is 0 Å². The zero-order valence-electron chi connectivity index (χ0n) is 12.7. The first kappa shape index (κ1) is 15.3. The topological polar surface area (TPSA) is 38.1 Å². The van der Waals surface area contributed by atoms with Crippen LogP contribution < -0.4 is 0 Å². The second-order valence-corrected chi connectivity index (χ2v) is 6.95. The van der Waals surface area contributed by atoms with Gasteiger partial charge in [-0.3, -0.25) is 9.48 Å². The minimum absolute atomic E-state index is 0.149. The Hall–Kier alpha value is -1.62. The van der Waals surface area contributed by atoms with E-state index in [1.54, 1.807) is 6.20 Å². The molecular formula is C17H20BrN3O. The summed E-state index contributed by atoms with van der Waals surface area (Å²) in [6.07, 6.45) is 5.91. The zero-order chi connectivity index (χ0) is 15.5. The van der Waals surface area contributed by atoms with Crippen LogP contribution in [0.1, 0.15) is 35.7 Å². The van der Waals surface area contributed by atoms with Crippen LogP contribution in [-0.2, 0) is 6.54 Å². The molecule has 1 fully saturated rings. The SMILES string of the molecule is CC1CCN(C(=O)c2cccc(Cn3cc(Br)cn3)c2)CC1. The van der Waals surface area contributed by atoms with Gasteiger partial charge in [0.25, 0.3) is 5.91 Å². The summed E-state index contributed by atoms with van der Waals surface area (Å²) < 4.78 is 2.82. The summed E-state index contributed by atoms with van der Waals surface area (Å²) in [5.74, 6) is 0.879. The highest BCUT2D eigenvalue weighted by Crippen LogP contribution is 2.19. The van der Waals surface area contributed by atoms with Crippen molar-refractivity contribution >= 4 is 21.8 Å². The molecule has 116 valence electrons. The molecule has 0 N–H and O–H groups in total. The third-order valence-corrected chi connectivity index (χ3v) is 4.60. The molecule has 2 heterocycles. The lowest BCUT2D eigenvalue weighted by Crippen LogP contribution is -2.37. The zero-order valence-corrected chi connectivity index (χ0v) is 14.3. The summed E-state index contributed by atoms with van der Waals surface area (Å²) in [7, 11) is 0. The van der Waals surface area contributed by atoms with E-state index in [9.17, 15) is 4.79 Å². The lowest BCUT2D eigenvalue weighted by molar-refractivity contribution is 0.0697. The number of hydrogen-bond acceptors (Lipinski definition) is 2. The van der Waals surface area contributed by atoms with Gasteiger partial charge >= 0.3 is 0 Å². The highest BCUT2D eigenvalue weighted by Gasteiger charge is 2.21. The van der Waals surface area contributed by atoms with E-state index in [4.69, 9.17) is 0 Å². The van der Waals surface area contributed by atoms with Gasteiger partial charge in [0.15, 0.2) is 0 Å². The number of halogens is 1. The minimum atomic E-state index is 0.149. The Morgan fingerprint density at radius 1 is 1.36 bits per heavy atom. The molecule has 1 aliphatic rings. The number of nitrogens with zero attached hydrogens (tertiary/aromatic N) is 3. The second-order valence-electron chi connectivity index (χ2n) is 6.03. The van der Waals surface area contributed by atoms with Crippen LogP contribution in [0, 0.1) is 5.92 Å². The van der Waals surface area contributed by atoms with Crippen LogP contribution in [0.3, 0.4) is 0 Å². The van der Waals surface area contributed by atoms with E-state index in [0.29, 0.717) is 6.54 Å². The predicted octanol–water partition coefficient (Wildman–Crippen LogP) is 3.57. The van der Waals surface area contributed by atoms with Gasteiger partial charge in [0, 0.05) is 24.8 Å². The molecule has 1 aliphatic heterocycles. The fourth-order valence-corrected chi connectivity index (χ4v) is 3.14. The van der Waals surface area contributed by atoms with Crippen molar-refractivity contribution in [1.82, 2.24) is 14.7 Å². The lowest BCUT2D eigenvalue weighted by atomic mass is 9.98. The summed E-state index contributed by atoms with van der Waals surface area (Å²) in [5.41, 5.74) is 1.87. The highest BCUT2D eigenvalue weighted by atomic mass is 79.9. The van der Waals surface area contributed by atoms with Crippen molar-refractivity contribution in [2.24, 2.45) is 5.92 Å². The van der Waals surface area contributed by atoms with Gasteiger partial charge < -0.3 is 4.90 Å². The molecule has 0 bridgehead atoms. The summed E-state index contributed by atoms with van der Waals surface area (Å²) >= 11 is 3.40. The molecule has 0 spiro atoms. The maximum atomic E-state index is 12.6. The number of carbonyl (C=O) groups excluding carboxylic acids is 1. The van der Waals surface area contributed by atoms with Crippen LogP contribution >= 0.6 is 15.9 Å². The molecule has 1 aromatic carbocycles. The van der Waals surface area contributed by atoms with Gasteiger partial charge in [-0.2, -0.15) is 5.10 Å². The fourth-order valence-electron chi connectivity index (χ4n) is 2.81. The number of aromatic nitrogens is 2. The maximum absolute atomic E-state index is 12.6. The van der Waals surface area contributed by atoms with Crippen LogP contribution in [0.5, 0.6) is 0 Å². The molecule has 0 unspecified atom stereocenters. The Bertz CT molecular complexity index is 659. The smallest absolute Gasteiger partial charge is 0.253 e. The molecule has 0 radical (unpaired) electrons. The molecule has 0 atom stereocenters. The summed E-state index contributed by atoms with van der Waals surface area (Å²) in [6.45, 7) is 4.67. The summed E-state index contributed by atoms with van der Waals surface area (Å²) in [4.78, 5) is 14.6. The van der Waals surface area contributed by atoms with Gasteiger partial charge in [0.05, 0.1) is 17.2 Å². The highest BCUT2D eigenvalue weighted by molar-refractivity contribution is 9.10. The Morgan fingerprint density at radius 2 is 2.14 bits per heavy atom. The van der Waals surface area contributed by atoms with Gasteiger partial charge in [-0.25, -0.2) is 0 Å². The van der Waals surface area contributed by atoms with E-state index in [2.05, 4.69) is 28.0 Å². The average Bonchev–Trinajstić information content (AvgIpc) is 2.93. The van der Waals surface area contributed by atoms with E-state index in [1.165, 1.54) is 0 Å². The monoisotopic (exact) mass is 361 g/mol. The third-order valence-electron chi connectivity index (χ3n) is 4.19. The molecule has 1 saturated heterocycles. The van der Waals surface area contributed by atoms with E-state index >= 15 is 0 Å². The number of benzene rings is 1. The standard InChI is InChI=1S/C17H20BrN3O/c1-13-5-7-20(8-6-13)17(22)15-4-2-3-14(9-15)11-21-12-16(18)10-19-21/h2-4,9-10,12-13H,5-8,11H2,1H3. The van der Waals surface area contributed by atoms with Crippen molar-refractivity contribution in [2.45, 2.75) is 26.3 Å². The predicted molar refractivity (Wildman–Crippen MR) is 89.8 cm³/mol. The number of amides is 1. The van der Waals surface area contributed by atoms with Crippen molar-refractivity contribution in [3.8, 4) is 0 Å². The first-order valence-corrected chi connectivity index (χ1v) is 8.47. The molecule has 0 aliphatic carbocycles. The average molecular weight is 362 g/mol. The van der Waals surface area contributed by atoms with Gasteiger partial charge in [0.2, 0.25) is 0 Å². The Labute approximate surface area is 139 Å². The van der Waals surface area contributed by atoms with Crippen LogP contribution in [0.15, 0.2) is 41.1 Å². The Morgan fingerprint density at radius 3 is 2.82 bits per heavy atom. The van der Waals surface area contributed by atoms with Crippen LogP contribution in [0.25, 0.3) is 0 Å². The largest absolute Gasteiger partial charge is 0.339 e. The molecule has 5 heteroatoms. The molecule has 1 amide bonds. The first-order valence-electron chi connectivity index (χ1n) is 7.68. The second kappa shape index (κ2) is 6.65. The van der Waals surface area contributed by atoms with Crippen LogP contribution in [0.4, 0.5) is 0 Å². The number of rotatable bonds is 3. The molecule has 22 heavy (non-hydrogen) atoms. The van der Waals surface area contributed by atoms with Crippen LogP contribution in [0.2, 0.25) is 0 Å². The van der Waals surface area contributed by atoms with E-state index in [0.717, 1.165) is 47.4 Å². The number of likely N-dealkylation sites (tertiary alicyclic amines) is 1. The molecule has 0 saturated carbocycles. The number of piperidine rings is 1.